The van der Waals surface area contributed by atoms with E-state index >= 15 is 0 Å². The third-order valence-electron chi connectivity index (χ3n) is 2.14. The number of hydrogen-bond acceptors (Lipinski definition) is 2. The summed E-state index contributed by atoms with van der Waals surface area (Å²) in [6.45, 7) is 2.01. The molecule has 1 aromatic carbocycles. The average molecular weight is 257 g/mol. The predicted octanol–water partition coefficient (Wildman–Crippen LogP) is 3.12. The minimum atomic E-state index is -0.166. The maximum atomic E-state index is 11.0. The Kier molecular flexibility index (Phi) is 4.14. The molecule has 1 aromatic rings. The van der Waals surface area contributed by atoms with Gasteiger partial charge in [0.05, 0.1) is 13.5 Å². The molecule has 0 saturated heterocycles. The van der Waals surface area contributed by atoms with E-state index in [-0.39, 0.29) is 11.9 Å². The van der Waals surface area contributed by atoms with Crippen molar-refractivity contribution in [3.8, 4) is 0 Å². The Morgan fingerprint density at radius 2 is 2.00 bits per heavy atom. The molecule has 0 N–H and O–H groups in total. The van der Waals surface area contributed by atoms with E-state index < -0.39 is 0 Å². The van der Waals surface area contributed by atoms with Crippen LogP contribution in [0.5, 0.6) is 0 Å². The lowest BCUT2D eigenvalue weighted by atomic mass is 9.98. The van der Waals surface area contributed by atoms with Crippen LogP contribution in [0.1, 0.15) is 24.8 Å². The number of ether oxygens (including phenoxy) is 1. The smallest absolute Gasteiger partial charge is 0.306 e. The summed E-state index contributed by atoms with van der Waals surface area (Å²) in [6.07, 6.45) is 0.429. The predicted molar refractivity (Wildman–Crippen MR) is 59.2 cm³/mol. The van der Waals surface area contributed by atoms with Crippen molar-refractivity contribution in [1.82, 2.24) is 0 Å². The van der Waals surface area contributed by atoms with Crippen molar-refractivity contribution < 1.29 is 9.53 Å². The summed E-state index contributed by atoms with van der Waals surface area (Å²) < 4.78 is 5.67. The van der Waals surface area contributed by atoms with Crippen LogP contribution in [0.15, 0.2) is 28.7 Å². The maximum absolute atomic E-state index is 11.0. The fraction of sp³-hybridized carbons (Fsp3) is 0.364. The van der Waals surface area contributed by atoms with Gasteiger partial charge in [-0.05, 0) is 23.6 Å². The minimum Gasteiger partial charge on any atom is -0.469 e. The lowest BCUT2D eigenvalue weighted by Crippen LogP contribution is -2.05. The highest BCUT2D eigenvalue weighted by atomic mass is 79.9. The van der Waals surface area contributed by atoms with Crippen molar-refractivity contribution in [2.24, 2.45) is 0 Å². The fourth-order valence-electron chi connectivity index (χ4n) is 1.24. The Labute approximate surface area is 92.4 Å². The lowest BCUT2D eigenvalue weighted by Gasteiger charge is -2.09. The highest BCUT2D eigenvalue weighted by molar-refractivity contribution is 9.10. The van der Waals surface area contributed by atoms with E-state index in [4.69, 9.17) is 0 Å². The molecule has 1 rings (SSSR count). The number of methoxy groups -OCH3 is 1. The first kappa shape index (κ1) is 11.2. The second-order valence-electron chi connectivity index (χ2n) is 3.23. The number of hydrogen-bond donors (Lipinski definition) is 0. The van der Waals surface area contributed by atoms with Gasteiger partial charge < -0.3 is 4.74 Å². The van der Waals surface area contributed by atoms with Crippen molar-refractivity contribution in [1.29, 1.82) is 0 Å². The molecule has 0 spiro atoms. The monoisotopic (exact) mass is 256 g/mol. The molecule has 0 saturated carbocycles. The summed E-state index contributed by atoms with van der Waals surface area (Å²) in [5, 5.41) is 0. The lowest BCUT2D eigenvalue weighted by molar-refractivity contribution is -0.140. The third kappa shape index (κ3) is 3.14. The second-order valence-corrected chi connectivity index (χ2v) is 4.15. The Morgan fingerprint density at radius 1 is 1.43 bits per heavy atom. The van der Waals surface area contributed by atoms with Crippen molar-refractivity contribution in [3.63, 3.8) is 0 Å². The normalized spacial score (nSPS) is 12.2. The highest BCUT2D eigenvalue weighted by Crippen LogP contribution is 2.21. The molecule has 76 valence electrons. The van der Waals surface area contributed by atoms with Gasteiger partial charge in [0.15, 0.2) is 0 Å². The van der Waals surface area contributed by atoms with Gasteiger partial charge in [-0.15, -0.1) is 0 Å². The van der Waals surface area contributed by atoms with Crippen LogP contribution in [0.4, 0.5) is 0 Å². The summed E-state index contributed by atoms with van der Waals surface area (Å²) >= 11 is 3.37. The SMILES string of the molecule is COC(=O)C[C@@H](C)c1ccc(Br)cc1. The molecule has 3 heteroatoms. The molecule has 0 aliphatic heterocycles. The molecule has 0 aromatic heterocycles. The van der Waals surface area contributed by atoms with Crippen LogP contribution in [-0.2, 0) is 9.53 Å². The van der Waals surface area contributed by atoms with E-state index in [1.54, 1.807) is 0 Å². The van der Waals surface area contributed by atoms with Crippen molar-refractivity contribution in [3.05, 3.63) is 34.3 Å². The number of carbonyl (C=O) groups excluding carboxylic acids is 1. The number of halogens is 1. The number of carbonyl (C=O) groups is 1. The minimum absolute atomic E-state index is 0.166. The van der Waals surface area contributed by atoms with Crippen LogP contribution in [0.2, 0.25) is 0 Å². The van der Waals surface area contributed by atoms with Gasteiger partial charge in [-0.2, -0.15) is 0 Å². The summed E-state index contributed by atoms with van der Waals surface area (Å²) in [5.74, 6) is 0.0379. The van der Waals surface area contributed by atoms with Crippen LogP contribution in [0, 0.1) is 0 Å². The third-order valence-corrected chi connectivity index (χ3v) is 2.67. The van der Waals surface area contributed by atoms with Gasteiger partial charge in [0, 0.05) is 4.47 Å². The highest BCUT2D eigenvalue weighted by Gasteiger charge is 2.10. The number of rotatable bonds is 3. The molecule has 0 amide bonds. The van der Waals surface area contributed by atoms with E-state index in [0.29, 0.717) is 6.42 Å². The molecule has 0 unspecified atom stereocenters. The zero-order valence-electron chi connectivity index (χ0n) is 8.29. The summed E-state index contributed by atoms with van der Waals surface area (Å²) in [6, 6.07) is 7.97. The molecule has 0 bridgehead atoms. The first-order valence-electron chi connectivity index (χ1n) is 4.45. The largest absolute Gasteiger partial charge is 0.469 e. The standard InChI is InChI=1S/C11H13BrO2/c1-8(7-11(13)14-2)9-3-5-10(12)6-4-9/h3-6,8H,7H2,1-2H3/t8-/m1/s1. The molecular weight excluding hydrogens is 244 g/mol. The second kappa shape index (κ2) is 5.15. The summed E-state index contributed by atoms with van der Waals surface area (Å²) in [5.41, 5.74) is 1.15. The number of benzene rings is 1. The van der Waals surface area contributed by atoms with E-state index in [1.807, 2.05) is 31.2 Å². The van der Waals surface area contributed by atoms with E-state index in [1.165, 1.54) is 7.11 Å². The molecule has 1 atom stereocenters. The first-order valence-corrected chi connectivity index (χ1v) is 5.25. The van der Waals surface area contributed by atoms with E-state index in [9.17, 15) is 4.79 Å². The van der Waals surface area contributed by atoms with E-state index in [2.05, 4.69) is 20.7 Å². The molecule has 0 heterocycles. The molecule has 2 nitrogen and oxygen atoms in total. The number of esters is 1. The zero-order valence-corrected chi connectivity index (χ0v) is 9.87. The van der Waals surface area contributed by atoms with Crippen LogP contribution < -0.4 is 0 Å². The molecule has 0 aliphatic rings. The first-order chi connectivity index (χ1) is 6.63. The Morgan fingerprint density at radius 3 is 2.50 bits per heavy atom. The Bertz CT molecular complexity index is 306. The average Bonchev–Trinajstić information content (AvgIpc) is 2.18. The van der Waals surface area contributed by atoms with Gasteiger partial charge in [-0.3, -0.25) is 4.79 Å². The van der Waals surface area contributed by atoms with Gasteiger partial charge in [-0.1, -0.05) is 35.0 Å². The molecular formula is C11H13BrO2. The molecule has 0 fully saturated rings. The van der Waals surface area contributed by atoms with Crippen LogP contribution in [0.3, 0.4) is 0 Å². The van der Waals surface area contributed by atoms with Crippen molar-refractivity contribution in [2.75, 3.05) is 7.11 Å². The molecule has 0 radical (unpaired) electrons. The molecule has 0 aliphatic carbocycles. The van der Waals surface area contributed by atoms with Crippen LogP contribution in [0.25, 0.3) is 0 Å². The van der Waals surface area contributed by atoms with Gasteiger partial charge in [0.2, 0.25) is 0 Å². The van der Waals surface area contributed by atoms with Crippen molar-refractivity contribution in [2.45, 2.75) is 19.3 Å². The topological polar surface area (TPSA) is 26.3 Å². The maximum Gasteiger partial charge on any atom is 0.306 e. The van der Waals surface area contributed by atoms with Crippen LogP contribution in [-0.4, -0.2) is 13.1 Å². The quantitative estimate of drug-likeness (QED) is 0.777. The van der Waals surface area contributed by atoms with E-state index in [0.717, 1.165) is 10.0 Å². The van der Waals surface area contributed by atoms with Crippen LogP contribution >= 0.6 is 15.9 Å². The van der Waals surface area contributed by atoms with Gasteiger partial charge >= 0.3 is 5.97 Å². The van der Waals surface area contributed by atoms with Gasteiger partial charge in [0.25, 0.3) is 0 Å². The van der Waals surface area contributed by atoms with Gasteiger partial charge in [0.1, 0.15) is 0 Å². The Balaban J connectivity index is 2.65. The van der Waals surface area contributed by atoms with Crippen molar-refractivity contribution >= 4 is 21.9 Å². The zero-order chi connectivity index (χ0) is 10.6. The summed E-state index contributed by atoms with van der Waals surface area (Å²) in [7, 11) is 1.41. The molecule has 14 heavy (non-hydrogen) atoms. The fourth-order valence-corrected chi connectivity index (χ4v) is 1.51. The van der Waals surface area contributed by atoms with Gasteiger partial charge in [-0.25, -0.2) is 0 Å². The summed E-state index contributed by atoms with van der Waals surface area (Å²) in [4.78, 5) is 11.0. The Hall–Kier alpha value is -0.830.